The Labute approximate surface area is 90.6 Å². The lowest BCUT2D eigenvalue weighted by Crippen LogP contribution is -2.00. The van der Waals surface area contributed by atoms with Crippen molar-refractivity contribution in [1.29, 1.82) is 5.26 Å². The summed E-state index contributed by atoms with van der Waals surface area (Å²) in [5, 5.41) is 19.0. The number of aromatic nitrogens is 1. The molecule has 0 radical (unpaired) electrons. The van der Waals surface area contributed by atoms with Crippen LogP contribution in [-0.4, -0.2) is 9.91 Å². The Bertz CT molecular complexity index is 458. The number of hydrogen-bond acceptors (Lipinski definition) is 4. The Hall–Kier alpha value is -1.62. The molecule has 5 nitrogen and oxygen atoms in total. The molecule has 1 aromatic heterocycles. The molecule has 15 heavy (non-hydrogen) atoms. The van der Waals surface area contributed by atoms with Gasteiger partial charge >= 0.3 is 5.69 Å². The molecule has 0 saturated heterocycles. The summed E-state index contributed by atoms with van der Waals surface area (Å²) in [7, 11) is 0. The predicted molar refractivity (Wildman–Crippen MR) is 48.3 cm³/mol. The highest BCUT2D eigenvalue weighted by molar-refractivity contribution is 9.10. The first-order valence-corrected chi connectivity index (χ1v) is 4.29. The van der Waals surface area contributed by atoms with Gasteiger partial charge in [0.15, 0.2) is 0 Å². The maximum absolute atomic E-state index is 12.3. The third-order valence-corrected chi connectivity index (χ3v) is 2.34. The molecule has 0 aliphatic rings. The van der Waals surface area contributed by atoms with E-state index in [0.717, 1.165) is 0 Å². The quantitative estimate of drug-likeness (QED) is 0.615. The second-order valence-corrected chi connectivity index (χ2v) is 3.18. The van der Waals surface area contributed by atoms with Gasteiger partial charge in [-0.1, -0.05) is 0 Å². The zero-order valence-electron chi connectivity index (χ0n) is 6.95. The molecule has 0 unspecified atom stereocenters. The van der Waals surface area contributed by atoms with Crippen molar-refractivity contribution in [2.75, 3.05) is 0 Å². The number of rotatable bonds is 2. The molecule has 0 aliphatic heterocycles. The van der Waals surface area contributed by atoms with E-state index in [0.29, 0.717) is 6.20 Å². The SMILES string of the molecule is N#Cc1c(C(F)F)ncc([N+](=O)[O-])c1Br. The molecular weight excluding hydrogens is 276 g/mol. The van der Waals surface area contributed by atoms with E-state index in [1.165, 1.54) is 6.07 Å². The number of halogens is 3. The Balaban J connectivity index is 3.48. The third kappa shape index (κ3) is 2.07. The zero-order valence-corrected chi connectivity index (χ0v) is 8.53. The lowest BCUT2D eigenvalue weighted by atomic mass is 10.2. The first kappa shape index (κ1) is 11.5. The van der Waals surface area contributed by atoms with E-state index in [4.69, 9.17) is 5.26 Å². The average molecular weight is 278 g/mol. The summed E-state index contributed by atoms with van der Waals surface area (Å²) in [4.78, 5) is 12.8. The van der Waals surface area contributed by atoms with Crippen LogP contribution in [-0.2, 0) is 0 Å². The number of alkyl halides is 2. The van der Waals surface area contributed by atoms with E-state index in [1.54, 1.807) is 0 Å². The number of nitrogens with zero attached hydrogens (tertiary/aromatic N) is 3. The fourth-order valence-electron chi connectivity index (χ4n) is 0.892. The van der Waals surface area contributed by atoms with E-state index in [-0.39, 0.29) is 4.47 Å². The lowest BCUT2D eigenvalue weighted by Gasteiger charge is -2.03. The van der Waals surface area contributed by atoms with Gasteiger partial charge in [-0.2, -0.15) is 5.26 Å². The summed E-state index contributed by atoms with van der Waals surface area (Å²) in [6.07, 6.45) is -2.26. The average Bonchev–Trinajstić information content (AvgIpc) is 2.16. The van der Waals surface area contributed by atoms with Crippen molar-refractivity contribution < 1.29 is 13.7 Å². The number of nitriles is 1. The van der Waals surface area contributed by atoms with Gasteiger partial charge < -0.3 is 0 Å². The molecule has 8 heteroatoms. The van der Waals surface area contributed by atoms with E-state index in [2.05, 4.69) is 20.9 Å². The van der Waals surface area contributed by atoms with Gasteiger partial charge in [0, 0.05) is 0 Å². The van der Waals surface area contributed by atoms with Gasteiger partial charge in [0.05, 0.1) is 4.92 Å². The van der Waals surface area contributed by atoms with Crippen LogP contribution in [0, 0.1) is 21.4 Å². The molecule has 0 N–H and O–H groups in total. The highest BCUT2D eigenvalue weighted by Gasteiger charge is 2.24. The second-order valence-electron chi connectivity index (χ2n) is 2.39. The van der Waals surface area contributed by atoms with Crippen LogP contribution < -0.4 is 0 Å². The maximum Gasteiger partial charge on any atom is 0.302 e. The van der Waals surface area contributed by atoms with Crippen molar-refractivity contribution in [3.05, 3.63) is 32.0 Å². The van der Waals surface area contributed by atoms with E-state index >= 15 is 0 Å². The van der Waals surface area contributed by atoms with Crippen LogP contribution in [0.15, 0.2) is 10.7 Å². The van der Waals surface area contributed by atoms with Crippen molar-refractivity contribution >= 4 is 21.6 Å². The zero-order chi connectivity index (χ0) is 11.6. The summed E-state index contributed by atoms with van der Waals surface area (Å²) in [5.74, 6) is 0. The highest BCUT2D eigenvalue weighted by Crippen LogP contribution is 2.32. The Morgan fingerprint density at radius 3 is 2.67 bits per heavy atom. The summed E-state index contributed by atoms with van der Waals surface area (Å²) in [5.41, 5.74) is -1.80. The Kier molecular flexibility index (Phi) is 3.26. The van der Waals surface area contributed by atoms with Crippen LogP contribution in [0.5, 0.6) is 0 Å². The topological polar surface area (TPSA) is 79.8 Å². The van der Waals surface area contributed by atoms with Crippen LogP contribution in [0.3, 0.4) is 0 Å². The molecule has 0 atom stereocenters. The largest absolute Gasteiger partial charge is 0.302 e. The fourth-order valence-corrected chi connectivity index (χ4v) is 1.43. The molecule has 1 aromatic rings. The molecule has 1 rings (SSSR count). The van der Waals surface area contributed by atoms with Gasteiger partial charge in [0.25, 0.3) is 6.43 Å². The molecule has 0 amide bonds. The van der Waals surface area contributed by atoms with Crippen LogP contribution in [0.1, 0.15) is 17.7 Å². The van der Waals surface area contributed by atoms with E-state index in [1.807, 2.05) is 0 Å². The molecule has 1 heterocycles. The predicted octanol–water partition coefficient (Wildman–Crippen LogP) is 2.56. The summed E-state index contributed by atoms with van der Waals surface area (Å²) in [6.45, 7) is 0. The van der Waals surface area contributed by atoms with Crippen molar-refractivity contribution in [2.24, 2.45) is 0 Å². The van der Waals surface area contributed by atoms with Crippen molar-refractivity contribution in [1.82, 2.24) is 4.98 Å². The number of pyridine rings is 1. The molecule has 78 valence electrons. The minimum Gasteiger partial charge on any atom is -0.258 e. The Morgan fingerprint density at radius 2 is 2.27 bits per heavy atom. The minimum absolute atomic E-state index is 0.277. The molecule has 0 aromatic carbocycles. The van der Waals surface area contributed by atoms with Crippen LogP contribution >= 0.6 is 15.9 Å². The van der Waals surface area contributed by atoms with Gasteiger partial charge in [-0.3, -0.25) is 10.1 Å². The monoisotopic (exact) mass is 277 g/mol. The summed E-state index contributed by atoms with van der Waals surface area (Å²) >= 11 is 2.72. The van der Waals surface area contributed by atoms with Crippen molar-refractivity contribution in [3.63, 3.8) is 0 Å². The molecule has 0 bridgehead atoms. The first-order chi connectivity index (χ1) is 6.99. The lowest BCUT2D eigenvalue weighted by molar-refractivity contribution is -0.386. The summed E-state index contributed by atoms with van der Waals surface area (Å²) in [6, 6.07) is 1.45. The van der Waals surface area contributed by atoms with E-state index < -0.39 is 28.3 Å². The van der Waals surface area contributed by atoms with Crippen LogP contribution in [0.2, 0.25) is 0 Å². The van der Waals surface area contributed by atoms with Gasteiger partial charge in [-0.25, -0.2) is 13.8 Å². The molecule has 0 fully saturated rings. The van der Waals surface area contributed by atoms with Crippen LogP contribution in [0.25, 0.3) is 0 Å². The summed E-state index contributed by atoms with van der Waals surface area (Å²) < 4.78 is 24.4. The number of hydrogen-bond donors (Lipinski definition) is 0. The smallest absolute Gasteiger partial charge is 0.258 e. The maximum atomic E-state index is 12.3. The van der Waals surface area contributed by atoms with Crippen molar-refractivity contribution in [2.45, 2.75) is 6.43 Å². The van der Waals surface area contributed by atoms with Crippen molar-refractivity contribution in [3.8, 4) is 6.07 Å². The Morgan fingerprint density at radius 1 is 1.67 bits per heavy atom. The van der Waals surface area contributed by atoms with E-state index in [9.17, 15) is 18.9 Å². The van der Waals surface area contributed by atoms with Crippen LogP contribution in [0.4, 0.5) is 14.5 Å². The third-order valence-electron chi connectivity index (χ3n) is 1.54. The molecule has 0 saturated carbocycles. The standard InChI is InChI=1S/C7H2BrF2N3O2/c8-5-3(1-11)6(7(9)10)12-2-4(5)13(14)15/h2,7H. The second kappa shape index (κ2) is 4.27. The minimum atomic E-state index is -2.95. The molecular formula is C7H2BrF2N3O2. The molecule has 0 aliphatic carbocycles. The van der Waals surface area contributed by atoms with Gasteiger partial charge in [-0.15, -0.1) is 0 Å². The number of nitro groups is 1. The highest BCUT2D eigenvalue weighted by atomic mass is 79.9. The normalized spacial score (nSPS) is 10.1. The molecule has 0 spiro atoms. The van der Waals surface area contributed by atoms with Gasteiger partial charge in [0.2, 0.25) is 0 Å². The van der Waals surface area contributed by atoms with Gasteiger partial charge in [-0.05, 0) is 15.9 Å². The fraction of sp³-hybridized carbons (Fsp3) is 0.143. The first-order valence-electron chi connectivity index (χ1n) is 3.50. The van der Waals surface area contributed by atoms with Gasteiger partial charge in [0.1, 0.15) is 28.0 Å².